The zero-order valence-electron chi connectivity index (χ0n) is 11.7. The lowest BCUT2D eigenvalue weighted by atomic mass is 10.3. The summed E-state index contributed by atoms with van der Waals surface area (Å²) in [6.07, 6.45) is 0. The first kappa shape index (κ1) is 13.9. The molecular formula is C16H19N3O. The number of benzene rings is 2. The molecule has 20 heavy (non-hydrogen) atoms. The van der Waals surface area contributed by atoms with Crippen molar-refractivity contribution in [1.82, 2.24) is 0 Å². The van der Waals surface area contributed by atoms with Gasteiger partial charge < -0.3 is 15.8 Å². The number of rotatable bonds is 4. The van der Waals surface area contributed by atoms with Crippen LogP contribution in [0.4, 0.5) is 5.69 Å². The second-order valence-corrected chi connectivity index (χ2v) is 4.64. The Labute approximate surface area is 119 Å². The Bertz CT molecular complexity index is 579. The molecule has 0 fully saturated rings. The van der Waals surface area contributed by atoms with E-state index in [0.29, 0.717) is 11.7 Å². The van der Waals surface area contributed by atoms with Crippen molar-refractivity contribution in [3.05, 3.63) is 54.6 Å². The summed E-state index contributed by atoms with van der Waals surface area (Å²) in [5, 5.41) is 3.06. The third kappa shape index (κ3) is 4.02. The van der Waals surface area contributed by atoms with Gasteiger partial charge in [-0.25, -0.2) is 0 Å². The van der Waals surface area contributed by atoms with Crippen molar-refractivity contribution in [3.8, 4) is 11.5 Å². The predicted molar refractivity (Wildman–Crippen MR) is 83.3 cm³/mol. The largest absolute Gasteiger partial charge is 0.455 e. The molecule has 0 aliphatic rings. The standard InChI is InChI=1S/C16H19N3O/c1-12(2)18-16(17)19-14-10-6-7-11-15(14)20-13-8-4-3-5-9-13/h3-12H,1-2H3,(H3,17,18,19). The summed E-state index contributed by atoms with van der Waals surface area (Å²) >= 11 is 0. The van der Waals surface area contributed by atoms with E-state index in [9.17, 15) is 0 Å². The number of nitrogens with zero attached hydrogens (tertiary/aromatic N) is 1. The molecule has 0 aliphatic heterocycles. The van der Waals surface area contributed by atoms with Gasteiger partial charge in [-0.05, 0) is 38.1 Å². The van der Waals surface area contributed by atoms with Gasteiger partial charge in [0.25, 0.3) is 0 Å². The molecule has 0 radical (unpaired) electrons. The Hall–Kier alpha value is -2.49. The van der Waals surface area contributed by atoms with E-state index in [2.05, 4.69) is 10.3 Å². The van der Waals surface area contributed by atoms with E-state index < -0.39 is 0 Å². The van der Waals surface area contributed by atoms with Crippen LogP contribution in [-0.2, 0) is 0 Å². The van der Waals surface area contributed by atoms with Crippen LogP contribution in [-0.4, -0.2) is 12.0 Å². The number of hydrogen-bond acceptors (Lipinski definition) is 2. The lowest BCUT2D eigenvalue weighted by Gasteiger charge is -2.13. The van der Waals surface area contributed by atoms with Crippen LogP contribution >= 0.6 is 0 Å². The van der Waals surface area contributed by atoms with Gasteiger partial charge in [0.05, 0.1) is 5.69 Å². The molecular weight excluding hydrogens is 250 g/mol. The molecule has 0 atom stereocenters. The smallest absolute Gasteiger partial charge is 0.193 e. The highest BCUT2D eigenvalue weighted by Gasteiger charge is 2.05. The van der Waals surface area contributed by atoms with Gasteiger partial charge in [0.2, 0.25) is 0 Å². The van der Waals surface area contributed by atoms with E-state index in [1.54, 1.807) is 0 Å². The monoisotopic (exact) mass is 269 g/mol. The lowest BCUT2D eigenvalue weighted by Crippen LogP contribution is -2.24. The Morgan fingerprint density at radius 1 is 1.05 bits per heavy atom. The Morgan fingerprint density at radius 3 is 2.40 bits per heavy atom. The van der Waals surface area contributed by atoms with Crippen molar-refractivity contribution in [1.29, 1.82) is 0 Å². The summed E-state index contributed by atoms with van der Waals surface area (Å²) < 4.78 is 5.84. The van der Waals surface area contributed by atoms with Crippen molar-refractivity contribution < 1.29 is 4.74 Å². The third-order valence-corrected chi connectivity index (χ3v) is 2.52. The minimum absolute atomic E-state index is 0.143. The molecule has 0 aromatic heterocycles. The van der Waals surface area contributed by atoms with Crippen molar-refractivity contribution in [2.75, 3.05) is 5.32 Å². The van der Waals surface area contributed by atoms with Crippen LogP contribution in [0.5, 0.6) is 11.5 Å². The van der Waals surface area contributed by atoms with Crippen LogP contribution in [0.1, 0.15) is 13.8 Å². The van der Waals surface area contributed by atoms with E-state index in [0.717, 1.165) is 11.4 Å². The van der Waals surface area contributed by atoms with E-state index in [4.69, 9.17) is 10.5 Å². The highest BCUT2D eigenvalue weighted by Crippen LogP contribution is 2.28. The topological polar surface area (TPSA) is 59.6 Å². The number of para-hydroxylation sites is 3. The predicted octanol–water partition coefficient (Wildman–Crippen LogP) is 3.61. The summed E-state index contributed by atoms with van der Waals surface area (Å²) in [4.78, 5) is 4.25. The molecule has 0 bridgehead atoms. The summed E-state index contributed by atoms with van der Waals surface area (Å²) in [5.74, 6) is 1.87. The second kappa shape index (κ2) is 6.61. The molecule has 4 heteroatoms. The van der Waals surface area contributed by atoms with Gasteiger partial charge in [0.1, 0.15) is 5.75 Å². The minimum Gasteiger partial charge on any atom is -0.455 e. The third-order valence-electron chi connectivity index (χ3n) is 2.52. The minimum atomic E-state index is 0.143. The molecule has 0 heterocycles. The zero-order chi connectivity index (χ0) is 14.4. The zero-order valence-corrected chi connectivity index (χ0v) is 11.7. The van der Waals surface area contributed by atoms with Gasteiger partial charge >= 0.3 is 0 Å². The molecule has 2 aromatic carbocycles. The molecule has 0 unspecified atom stereocenters. The summed E-state index contributed by atoms with van der Waals surface area (Å²) in [7, 11) is 0. The van der Waals surface area contributed by atoms with Crippen molar-refractivity contribution in [2.24, 2.45) is 10.7 Å². The maximum Gasteiger partial charge on any atom is 0.193 e. The number of anilines is 1. The summed E-state index contributed by atoms with van der Waals surface area (Å²) in [5.41, 5.74) is 6.64. The molecule has 4 nitrogen and oxygen atoms in total. The second-order valence-electron chi connectivity index (χ2n) is 4.64. The normalized spacial score (nSPS) is 11.4. The van der Waals surface area contributed by atoms with Crippen LogP contribution < -0.4 is 15.8 Å². The van der Waals surface area contributed by atoms with E-state index in [-0.39, 0.29) is 6.04 Å². The van der Waals surface area contributed by atoms with Crippen LogP contribution in [0, 0.1) is 0 Å². The maximum absolute atomic E-state index is 5.85. The fraction of sp³-hybridized carbons (Fsp3) is 0.188. The van der Waals surface area contributed by atoms with Crippen LogP contribution in [0.15, 0.2) is 59.6 Å². The average molecular weight is 269 g/mol. The number of ether oxygens (including phenoxy) is 1. The highest BCUT2D eigenvalue weighted by molar-refractivity contribution is 5.93. The van der Waals surface area contributed by atoms with Gasteiger partial charge in [-0.1, -0.05) is 30.3 Å². The molecule has 0 aliphatic carbocycles. The first-order chi connectivity index (χ1) is 9.65. The van der Waals surface area contributed by atoms with Crippen molar-refractivity contribution >= 4 is 11.6 Å². The molecule has 3 N–H and O–H groups in total. The molecule has 0 spiro atoms. The Morgan fingerprint density at radius 2 is 1.70 bits per heavy atom. The van der Waals surface area contributed by atoms with Gasteiger partial charge in [-0.3, -0.25) is 4.99 Å². The number of guanidine groups is 1. The Kier molecular flexibility index (Phi) is 4.60. The summed E-state index contributed by atoms with van der Waals surface area (Å²) in [6.45, 7) is 3.95. The van der Waals surface area contributed by atoms with Crippen molar-refractivity contribution in [3.63, 3.8) is 0 Å². The van der Waals surface area contributed by atoms with E-state index in [1.165, 1.54) is 0 Å². The Balaban J connectivity index is 2.18. The first-order valence-electron chi connectivity index (χ1n) is 6.57. The fourth-order valence-electron chi connectivity index (χ4n) is 1.72. The highest BCUT2D eigenvalue weighted by atomic mass is 16.5. The lowest BCUT2D eigenvalue weighted by molar-refractivity contribution is 0.485. The van der Waals surface area contributed by atoms with Gasteiger partial charge in [-0.2, -0.15) is 0 Å². The van der Waals surface area contributed by atoms with E-state index >= 15 is 0 Å². The number of nitrogens with one attached hydrogen (secondary N) is 1. The molecule has 0 saturated carbocycles. The van der Waals surface area contributed by atoms with Crippen molar-refractivity contribution in [2.45, 2.75) is 19.9 Å². The molecule has 0 saturated heterocycles. The SMILES string of the molecule is CC(C)N=C(N)Nc1ccccc1Oc1ccccc1. The van der Waals surface area contributed by atoms with Gasteiger partial charge in [-0.15, -0.1) is 0 Å². The molecule has 0 amide bonds. The average Bonchev–Trinajstić information content (AvgIpc) is 2.41. The van der Waals surface area contributed by atoms with Crippen LogP contribution in [0.3, 0.4) is 0 Å². The molecule has 2 rings (SSSR count). The van der Waals surface area contributed by atoms with Gasteiger partial charge in [0, 0.05) is 6.04 Å². The first-order valence-corrected chi connectivity index (χ1v) is 6.57. The number of hydrogen-bond donors (Lipinski definition) is 2. The fourth-order valence-corrected chi connectivity index (χ4v) is 1.72. The molecule has 2 aromatic rings. The number of nitrogens with two attached hydrogens (primary N) is 1. The van der Waals surface area contributed by atoms with Crippen LogP contribution in [0.2, 0.25) is 0 Å². The summed E-state index contributed by atoms with van der Waals surface area (Å²) in [6, 6.07) is 17.4. The quantitative estimate of drug-likeness (QED) is 0.658. The van der Waals surface area contributed by atoms with Gasteiger partial charge in [0.15, 0.2) is 11.7 Å². The van der Waals surface area contributed by atoms with Crippen LogP contribution in [0.25, 0.3) is 0 Å². The molecule has 104 valence electrons. The number of aliphatic imine (C=N–C) groups is 1. The maximum atomic E-state index is 5.85. The van der Waals surface area contributed by atoms with E-state index in [1.807, 2.05) is 68.4 Å².